The first-order valence-electron chi connectivity index (χ1n) is 9.56. The van der Waals surface area contributed by atoms with Crippen molar-refractivity contribution in [2.45, 2.75) is 49.0 Å². The molecule has 2 saturated heterocycles. The van der Waals surface area contributed by atoms with Gasteiger partial charge >= 0.3 is 11.9 Å². The number of carbonyl (C=O) groups is 2. The summed E-state index contributed by atoms with van der Waals surface area (Å²) in [6.45, 7) is 4.83. The van der Waals surface area contributed by atoms with Gasteiger partial charge in [-0.05, 0) is 32.9 Å². The van der Waals surface area contributed by atoms with Gasteiger partial charge in [0.2, 0.25) is 10.0 Å². The monoisotopic (exact) mass is 431 g/mol. The van der Waals surface area contributed by atoms with Gasteiger partial charge in [0.05, 0.1) is 22.6 Å². The van der Waals surface area contributed by atoms with Crippen LogP contribution in [0.5, 0.6) is 0 Å². The number of benzene rings is 1. The van der Waals surface area contributed by atoms with Crippen molar-refractivity contribution in [3.63, 3.8) is 0 Å². The Kier molecular flexibility index (Phi) is 3.39. The third kappa shape index (κ3) is 1.61. The average molecular weight is 431 g/mol. The first-order valence-corrected chi connectivity index (χ1v) is 11.0. The summed E-state index contributed by atoms with van der Waals surface area (Å²) >= 11 is 0. The van der Waals surface area contributed by atoms with Crippen molar-refractivity contribution >= 4 is 22.0 Å². The second-order valence-corrected chi connectivity index (χ2v) is 10.6. The highest BCUT2D eigenvalue weighted by Gasteiger charge is 2.93. The van der Waals surface area contributed by atoms with E-state index in [0.29, 0.717) is 0 Å². The van der Waals surface area contributed by atoms with Crippen LogP contribution >= 0.6 is 0 Å². The number of hydrogen-bond acceptors (Lipinski definition) is 5. The number of rotatable bonds is 4. The van der Waals surface area contributed by atoms with Gasteiger partial charge in [-0.15, -0.1) is 0 Å². The van der Waals surface area contributed by atoms with E-state index >= 15 is 0 Å². The van der Waals surface area contributed by atoms with E-state index in [4.69, 9.17) is 4.74 Å². The Bertz CT molecular complexity index is 1160. The molecule has 0 aromatic heterocycles. The molecule has 0 spiro atoms. The molecule has 6 atom stereocenters. The van der Waals surface area contributed by atoms with Gasteiger partial charge in [-0.2, -0.15) is 4.31 Å². The van der Waals surface area contributed by atoms with Gasteiger partial charge in [0.15, 0.2) is 0 Å². The van der Waals surface area contributed by atoms with E-state index in [1.54, 1.807) is 24.3 Å². The molecular weight excluding hydrogens is 410 g/mol. The Hall–Kier alpha value is -2.49. The fraction of sp³-hybridized carbons (Fsp3) is 0.429. The van der Waals surface area contributed by atoms with Gasteiger partial charge in [0.1, 0.15) is 16.4 Å². The number of aliphatic carboxylic acids is 2. The molecule has 9 heteroatoms. The molecule has 4 heterocycles. The largest absolute Gasteiger partial charge is 0.481 e. The molecule has 158 valence electrons. The van der Waals surface area contributed by atoms with Crippen molar-refractivity contribution in [2.24, 2.45) is 10.8 Å². The van der Waals surface area contributed by atoms with Crippen LogP contribution in [0, 0.1) is 17.8 Å². The smallest absolute Gasteiger partial charge is 0.316 e. The molecule has 1 aromatic carbocycles. The Morgan fingerprint density at radius 3 is 2.13 bits per heavy atom. The van der Waals surface area contributed by atoms with Crippen molar-refractivity contribution in [1.82, 2.24) is 4.31 Å². The number of aryl methyl sites for hydroxylation is 1. The number of carboxylic acid groups (broad SMARTS) is 2. The van der Waals surface area contributed by atoms with Crippen LogP contribution in [0.25, 0.3) is 0 Å². The van der Waals surface area contributed by atoms with Crippen molar-refractivity contribution in [2.75, 3.05) is 0 Å². The van der Waals surface area contributed by atoms with Crippen LogP contribution in [0.1, 0.15) is 19.4 Å². The minimum Gasteiger partial charge on any atom is -0.481 e. The number of sulfonamides is 1. The van der Waals surface area contributed by atoms with Crippen molar-refractivity contribution in [3.8, 4) is 0 Å². The summed E-state index contributed by atoms with van der Waals surface area (Å²) in [5.41, 5.74) is -6.29. The molecule has 0 unspecified atom stereocenters. The highest BCUT2D eigenvalue weighted by Crippen LogP contribution is 2.77. The molecule has 30 heavy (non-hydrogen) atoms. The normalized spacial score (nSPS) is 43.3. The molecule has 4 aliphatic rings. The van der Waals surface area contributed by atoms with Crippen LogP contribution in [0.4, 0.5) is 0 Å². The van der Waals surface area contributed by atoms with E-state index in [1.165, 1.54) is 38.1 Å². The highest BCUT2D eigenvalue weighted by atomic mass is 32.2. The predicted octanol–water partition coefficient (Wildman–Crippen LogP) is 1.57. The summed E-state index contributed by atoms with van der Waals surface area (Å²) in [5.74, 6) is -2.78. The van der Waals surface area contributed by atoms with Crippen LogP contribution in [-0.2, 0) is 24.3 Å². The van der Waals surface area contributed by atoms with E-state index < -0.39 is 56.1 Å². The zero-order valence-corrected chi connectivity index (χ0v) is 17.4. The van der Waals surface area contributed by atoms with Crippen LogP contribution in [0.2, 0.25) is 0 Å². The van der Waals surface area contributed by atoms with Gasteiger partial charge in [-0.1, -0.05) is 42.0 Å². The van der Waals surface area contributed by atoms with E-state index in [9.17, 15) is 28.2 Å². The molecule has 0 aliphatic carbocycles. The zero-order chi connectivity index (χ0) is 21.9. The minimum atomic E-state index is -4.22. The Labute approximate surface area is 173 Å². The summed E-state index contributed by atoms with van der Waals surface area (Å²) in [6.07, 6.45) is 5.05. The van der Waals surface area contributed by atoms with Gasteiger partial charge in [0, 0.05) is 0 Å². The quantitative estimate of drug-likeness (QED) is 0.694. The lowest BCUT2D eigenvalue weighted by molar-refractivity contribution is -0.175. The molecule has 2 N–H and O–H groups in total. The molecule has 0 amide bonds. The number of nitrogens with zero attached hydrogens (tertiary/aromatic N) is 1. The van der Waals surface area contributed by atoms with Gasteiger partial charge in [0.25, 0.3) is 0 Å². The van der Waals surface area contributed by atoms with Crippen molar-refractivity contribution in [3.05, 3.63) is 54.1 Å². The van der Waals surface area contributed by atoms with Gasteiger partial charge in [-0.25, -0.2) is 8.42 Å². The van der Waals surface area contributed by atoms with E-state index in [1.807, 2.05) is 6.92 Å². The maximum Gasteiger partial charge on any atom is 0.316 e. The second kappa shape index (κ2) is 5.22. The Morgan fingerprint density at radius 1 is 1.00 bits per heavy atom. The van der Waals surface area contributed by atoms with Crippen LogP contribution < -0.4 is 0 Å². The molecule has 1 aromatic rings. The van der Waals surface area contributed by atoms with Crippen LogP contribution in [0.3, 0.4) is 0 Å². The van der Waals surface area contributed by atoms with E-state index in [2.05, 4.69) is 0 Å². The summed E-state index contributed by atoms with van der Waals surface area (Å²) < 4.78 is 34.5. The fourth-order valence-electron chi connectivity index (χ4n) is 6.48. The SMILES string of the molecule is Cc1ccc(S(=O)(=O)N2[C@@H]3C=C[C@@]2(C)[C@]2(C(=O)O)[C@H]4C=C[C@](C)(O4)[C@]32C(=O)O)cc1. The minimum absolute atomic E-state index is 0.0135. The Balaban J connectivity index is 1.84. The summed E-state index contributed by atoms with van der Waals surface area (Å²) in [4.78, 5) is 25.7. The second-order valence-electron chi connectivity index (χ2n) is 8.80. The lowest BCUT2D eigenvalue weighted by Crippen LogP contribution is -2.68. The number of fused-ring (bicyclic) bond motifs is 9. The highest BCUT2D eigenvalue weighted by molar-refractivity contribution is 7.89. The number of ether oxygens (including phenoxy) is 1. The molecular formula is C21H21NO7S. The van der Waals surface area contributed by atoms with Crippen molar-refractivity contribution < 1.29 is 33.0 Å². The lowest BCUT2D eigenvalue weighted by atomic mass is 9.46. The maximum absolute atomic E-state index is 13.7. The summed E-state index contributed by atoms with van der Waals surface area (Å²) in [6, 6.07) is 4.98. The molecule has 2 fully saturated rings. The summed E-state index contributed by atoms with van der Waals surface area (Å²) in [5, 5.41) is 20.9. The zero-order valence-electron chi connectivity index (χ0n) is 16.6. The van der Waals surface area contributed by atoms with Crippen molar-refractivity contribution in [1.29, 1.82) is 0 Å². The average Bonchev–Trinajstić information content (AvgIpc) is 3.33. The molecule has 8 nitrogen and oxygen atoms in total. The lowest BCUT2D eigenvalue weighted by Gasteiger charge is -2.49. The topological polar surface area (TPSA) is 121 Å². The van der Waals surface area contributed by atoms with E-state index in [0.717, 1.165) is 9.87 Å². The van der Waals surface area contributed by atoms with Crippen LogP contribution in [-0.4, -0.2) is 58.2 Å². The van der Waals surface area contributed by atoms with Crippen LogP contribution in [0.15, 0.2) is 53.5 Å². The fourth-order valence-corrected chi connectivity index (χ4v) is 8.42. The third-order valence-electron chi connectivity index (χ3n) is 7.60. The van der Waals surface area contributed by atoms with E-state index in [-0.39, 0.29) is 4.90 Å². The van der Waals surface area contributed by atoms with Gasteiger partial charge in [-0.3, -0.25) is 9.59 Å². The molecule has 0 saturated carbocycles. The number of carboxylic acids is 2. The molecule has 4 bridgehead atoms. The number of hydrogen-bond donors (Lipinski definition) is 2. The standard InChI is InChI=1S/C21H21NO7S/c1-12-4-6-13(7-5-12)30(27,28)22-14-8-10-18(22,2)21(17(25)26)15-9-11-19(3,29-15)20(14,21)16(23)24/h4-11,14-15H,1-3H3,(H,23,24)(H,25,26)/t14-,15-,18+,19+,20-,21-/m1/s1. The summed E-state index contributed by atoms with van der Waals surface area (Å²) in [7, 11) is -4.22. The third-order valence-corrected chi connectivity index (χ3v) is 9.59. The molecule has 4 aliphatic heterocycles. The van der Waals surface area contributed by atoms with Gasteiger partial charge < -0.3 is 14.9 Å². The first kappa shape index (κ1) is 19.5. The molecule has 0 radical (unpaired) electrons. The molecule has 5 rings (SSSR count). The predicted molar refractivity (Wildman–Crippen MR) is 104 cm³/mol. The first-order chi connectivity index (χ1) is 13.9. The Morgan fingerprint density at radius 2 is 1.60 bits per heavy atom. The maximum atomic E-state index is 13.7.